The van der Waals surface area contributed by atoms with Crippen molar-refractivity contribution in [2.75, 3.05) is 18.8 Å². The molecule has 1 amide bonds. The highest BCUT2D eigenvalue weighted by molar-refractivity contribution is 8.00. The number of benzene rings is 1. The zero-order chi connectivity index (χ0) is 15.3. The van der Waals surface area contributed by atoms with Crippen LogP contribution >= 0.6 is 11.8 Å². The van der Waals surface area contributed by atoms with E-state index in [0.717, 1.165) is 4.90 Å². The van der Waals surface area contributed by atoms with Crippen LogP contribution in [0.2, 0.25) is 0 Å². The minimum absolute atomic E-state index is 0.0962. The van der Waals surface area contributed by atoms with Crippen molar-refractivity contribution in [2.45, 2.75) is 31.1 Å². The van der Waals surface area contributed by atoms with Gasteiger partial charge in [-0.1, -0.05) is 25.1 Å². The van der Waals surface area contributed by atoms with Gasteiger partial charge in [0.25, 0.3) is 0 Å². The number of piperidine rings is 1. The van der Waals surface area contributed by atoms with E-state index in [9.17, 15) is 14.7 Å². The molecular formula is C16H21NO3S. The number of likely N-dealkylation sites (tertiary alicyclic amines) is 1. The number of rotatable bonds is 5. The van der Waals surface area contributed by atoms with Crippen LogP contribution in [0.4, 0.5) is 0 Å². The van der Waals surface area contributed by atoms with Crippen molar-refractivity contribution in [3.8, 4) is 0 Å². The molecule has 1 aromatic carbocycles. The maximum Gasteiger partial charge on any atom is 0.309 e. The standard InChI is InChI=1S/C16H21NO3S/c1-2-16(15(19)20)8-10-17(11-9-16)14(18)12-21-13-6-4-3-5-7-13/h3-7H,2,8-12H2,1H3,(H,19,20). The SMILES string of the molecule is CCC1(C(=O)O)CCN(C(=O)CSc2ccccc2)CC1. The zero-order valence-electron chi connectivity index (χ0n) is 12.2. The smallest absolute Gasteiger partial charge is 0.309 e. The van der Waals surface area contributed by atoms with E-state index in [1.165, 1.54) is 11.8 Å². The van der Waals surface area contributed by atoms with E-state index in [0.29, 0.717) is 38.1 Å². The number of amides is 1. The molecular weight excluding hydrogens is 286 g/mol. The van der Waals surface area contributed by atoms with Crippen LogP contribution in [-0.4, -0.2) is 40.7 Å². The quantitative estimate of drug-likeness (QED) is 0.850. The number of thioether (sulfide) groups is 1. The molecule has 0 radical (unpaired) electrons. The molecule has 4 nitrogen and oxygen atoms in total. The molecule has 114 valence electrons. The van der Waals surface area contributed by atoms with Crippen LogP contribution in [0.15, 0.2) is 35.2 Å². The summed E-state index contributed by atoms with van der Waals surface area (Å²) in [5.74, 6) is -0.217. The van der Waals surface area contributed by atoms with Crippen LogP contribution in [0.1, 0.15) is 26.2 Å². The fraction of sp³-hybridized carbons (Fsp3) is 0.500. The van der Waals surface area contributed by atoms with Crippen molar-refractivity contribution in [3.63, 3.8) is 0 Å². The van der Waals surface area contributed by atoms with Crippen LogP contribution in [0.25, 0.3) is 0 Å². The lowest BCUT2D eigenvalue weighted by Crippen LogP contribution is -2.46. The van der Waals surface area contributed by atoms with Crippen LogP contribution in [0, 0.1) is 5.41 Å². The summed E-state index contributed by atoms with van der Waals surface area (Å²) in [6.07, 6.45) is 1.74. The minimum Gasteiger partial charge on any atom is -0.481 e. The highest BCUT2D eigenvalue weighted by Crippen LogP contribution is 2.35. The molecule has 0 saturated carbocycles. The Morgan fingerprint density at radius 3 is 2.38 bits per heavy atom. The van der Waals surface area contributed by atoms with Gasteiger partial charge in [0.2, 0.25) is 5.91 Å². The van der Waals surface area contributed by atoms with Gasteiger partial charge in [-0.05, 0) is 31.4 Å². The summed E-state index contributed by atoms with van der Waals surface area (Å²) in [6, 6.07) is 9.83. The van der Waals surface area contributed by atoms with Crippen molar-refractivity contribution < 1.29 is 14.7 Å². The van der Waals surface area contributed by atoms with Crippen LogP contribution in [-0.2, 0) is 9.59 Å². The molecule has 1 aromatic rings. The number of hydrogen-bond acceptors (Lipinski definition) is 3. The Morgan fingerprint density at radius 1 is 1.24 bits per heavy atom. The van der Waals surface area contributed by atoms with E-state index < -0.39 is 11.4 Å². The van der Waals surface area contributed by atoms with Gasteiger partial charge < -0.3 is 10.0 Å². The fourth-order valence-electron chi connectivity index (χ4n) is 2.66. The van der Waals surface area contributed by atoms with Gasteiger partial charge in [0.1, 0.15) is 0 Å². The molecule has 0 atom stereocenters. The predicted molar refractivity (Wildman–Crippen MR) is 83.3 cm³/mol. The monoisotopic (exact) mass is 307 g/mol. The van der Waals surface area contributed by atoms with Crippen molar-refractivity contribution >= 4 is 23.6 Å². The maximum absolute atomic E-state index is 12.2. The van der Waals surface area contributed by atoms with Crippen LogP contribution in [0.5, 0.6) is 0 Å². The maximum atomic E-state index is 12.2. The van der Waals surface area contributed by atoms with Gasteiger partial charge in [0.15, 0.2) is 0 Å². The first-order valence-electron chi connectivity index (χ1n) is 7.26. The molecule has 1 aliphatic heterocycles. The summed E-state index contributed by atoms with van der Waals surface area (Å²) in [6.45, 7) is 3.01. The zero-order valence-corrected chi connectivity index (χ0v) is 13.1. The second kappa shape index (κ2) is 6.98. The Hall–Kier alpha value is -1.49. The Morgan fingerprint density at radius 2 is 1.86 bits per heavy atom. The van der Waals surface area contributed by atoms with E-state index in [-0.39, 0.29) is 5.91 Å². The normalized spacial score (nSPS) is 17.5. The molecule has 2 rings (SSSR count). The summed E-state index contributed by atoms with van der Waals surface area (Å²) in [5, 5.41) is 9.36. The minimum atomic E-state index is -0.726. The Bertz CT molecular complexity index is 496. The number of aliphatic carboxylic acids is 1. The molecule has 5 heteroatoms. The van der Waals surface area contributed by atoms with Gasteiger partial charge in [0, 0.05) is 18.0 Å². The predicted octanol–water partition coefficient (Wildman–Crippen LogP) is 2.88. The number of carboxylic acid groups (broad SMARTS) is 1. The number of nitrogens with zero attached hydrogens (tertiary/aromatic N) is 1. The van der Waals surface area contributed by atoms with Gasteiger partial charge in [-0.15, -0.1) is 11.8 Å². The topological polar surface area (TPSA) is 57.6 Å². The van der Waals surface area contributed by atoms with Crippen molar-refractivity contribution in [1.82, 2.24) is 4.90 Å². The van der Waals surface area contributed by atoms with Crippen molar-refractivity contribution in [1.29, 1.82) is 0 Å². The lowest BCUT2D eigenvalue weighted by Gasteiger charge is -2.38. The third-order valence-electron chi connectivity index (χ3n) is 4.31. The Labute approximate surface area is 129 Å². The Balaban J connectivity index is 1.84. The molecule has 0 unspecified atom stereocenters. The van der Waals surface area contributed by atoms with Gasteiger partial charge in [-0.25, -0.2) is 0 Å². The molecule has 1 heterocycles. The summed E-state index contributed by atoms with van der Waals surface area (Å²) in [5.41, 5.74) is -0.636. The van der Waals surface area contributed by atoms with Crippen LogP contribution < -0.4 is 0 Å². The highest BCUT2D eigenvalue weighted by atomic mass is 32.2. The summed E-state index contributed by atoms with van der Waals surface area (Å²) in [7, 11) is 0. The fourth-order valence-corrected chi connectivity index (χ4v) is 3.48. The van der Waals surface area contributed by atoms with Crippen molar-refractivity contribution in [3.05, 3.63) is 30.3 Å². The second-order valence-corrected chi connectivity index (χ2v) is 6.47. The van der Waals surface area contributed by atoms with E-state index in [1.54, 1.807) is 4.90 Å². The largest absolute Gasteiger partial charge is 0.481 e. The van der Waals surface area contributed by atoms with Gasteiger partial charge in [0.05, 0.1) is 11.2 Å². The molecule has 0 spiro atoms. The highest BCUT2D eigenvalue weighted by Gasteiger charge is 2.40. The molecule has 1 aliphatic rings. The molecule has 0 aromatic heterocycles. The van der Waals surface area contributed by atoms with E-state index in [1.807, 2.05) is 37.3 Å². The van der Waals surface area contributed by atoms with Crippen LogP contribution in [0.3, 0.4) is 0 Å². The Kier molecular flexibility index (Phi) is 5.28. The molecule has 1 saturated heterocycles. The van der Waals surface area contributed by atoms with Gasteiger partial charge >= 0.3 is 5.97 Å². The first kappa shape index (κ1) is 15.9. The summed E-state index contributed by atoms with van der Waals surface area (Å²) < 4.78 is 0. The number of carboxylic acids is 1. The molecule has 21 heavy (non-hydrogen) atoms. The molecule has 0 bridgehead atoms. The lowest BCUT2D eigenvalue weighted by molar-refractivity contribution is -0.154. The first-order valence-corrected chi connectivity index (χ1v) is 8.25. The van der Waals surface area contributed by atoms with E-state index in [4.69, 9.17) is 0 Å². The molecule has 1 fully saturated rings. The van der Waals surface area contributed by atoms with Gasteiger partial charge in [-0.2, -0.15) is 0 Å². The third kappa shape index (κ3) is 3.79. The first-order chi connectivity index (χ1) is 10.1. The average molecular weight is 307 g/mol. The molecule has 0 aliphatic carbocycles. The van der Waals surface area contributed by atoms with E-state index >= 15 is 0 Å². The number of hydrogen-bond donors (Lipinski definition) is 1. The number of carbonyl (C=O) groups is 2. The second-order valence-electron chi connectivity index (χ2n) is 5.42. The van der Waals surface area contributed by atoms with E-state index in [2.05, 4.69) is 0 Å². The summed E-state index contributed by atoms with van der Waals surface area (Å²) >= 11 is 1.53. The summed E-state index contributed by atoms with van der Waals surface area (Å²) in [4.78, 5) is 26.5. The number of carbonyl (C=O) groups excluding carboxylic acids is 1. The average Bonchev–Trinajstić information content (AvgIpc) is 2.53. The molecule has 1 N–H and O–H groups in total. The lowest BCUT2D eigenvalue weighted by atomic mass is 9.76. The third-order valence-corrected chi connectivity index (χ3v) is 5.31. The van der Waals surface area contributed by atoms with Gasteiger partial charge in [-0.3, -0.25) is 9.59 Å². The van der Waals surface area contributed by atoms with Crippen molar-refractivity contribution in [2.24, 2.45) is 5.41 Å².